The normalized spacial score (nSPS) is 18.5. The molecule has 3 aromatic rings. The number of methoxy groups -OCH3 is 1. The van der Waals surface area contributed by atoms with E-state index in [0.717, 1.165) is 12.8 Å². The van der Waals surface area contributed by atoms with Crippen molar-refractivity contribution in [2.75, 3.05) is 20.3 Å². The maximum absolute atomic E-state index is 14.9. The molecule has 0 N–H and O–H groups in total. The highest BCUT2D eigenvalue weighted by Gasteiger charge is 2.24. The molecule has 3 aromatic carbocycles. The molecule has 0 unspecified atom stereocenters. The van der Waals surface area contributed by atoms with Crippen molar-refractivity contribution >= 4 is 0 Å². The summed E-state index contributed by atoms with van der Waals surface area (Å²) >= 11 is 0. The van der Waals surface area contributed by atoms with Gasteiger partial charge in [0.15, 0.2) is 17.9 Å². The van der Waals surface area contributed by atoms with Crippen LogP contribution in [0, 0.1) is 23.4 Å². The van der Waals surface area contributed by atoms with E-state index in [1.807, 2.05) is 0 Å². The third-order valence-corrected chi connectivity index (χ3v) is 5.70. The van der Waals surface area contributed by atoms with E-state index in [1.165, 1.54) is 25.3 Å². The van der Waals surface area contributed by atoms with Crippen LogP contribution in [0.3, 0.4) is 0 Å². The molecule has 4 rings (SSSR count). The zero-order valence-electron chi connectivity index (χ0n) is 18.0. The Morgan fingerprint density at radius 3 is 2.06 bits per heavy atom. The lowest BCUT2D eigenvalue weighted by Crippen LogP contribution is -2.27. The van der Waals surface area contributed by atoms with Gasteiger partial charge in [-0.25, -0.2) is 8.78 Å². The Labute approximate surface area is 185 Å². The standard InChI is InChI=1S/C26H25F3O3/c1-3-4-16-14-31-26(32-15-16)19-9-10-20(22(27)13-19)17-5-7-18(8-6-17)21-11-12-23(30-2)25(29)24(21)28/h5-13,16,26H,3-4,14-15H2,1-2H3. The van der Waals surface area contributed by atoms with Crippen LogP contribution in [0.5, 0.6) is 5.75 Å². The van der Waals surface area contributed by atoms with E-state index in [1.54, 1.807) is 36.4 Å². The van der Waals surface area contributed by atoms with Crippen LogP contribution in [0.25, 0.3) is 22.3 Å². The van der Waals surface area contributed by atoms with Crippen LogP contribution in [0.2, 0.25) is 0 Å². The zero-order chi connectivity index (χ0) is 22.7. The van der Waals surface area contributed by atoms with Gasteiger partial charge in [0.25, 0.3) is 0 Å². The molecule has 0 radical (unpaired) electrons. The van der Waals surface area contributed by atoms with Crippen molar-refractivity contribution in [1.29, 1.82) is 0 Å². The molecule has 0 amide bonds. The Hall–Kier alpha value is -2.83. The van der Waals surface area contributed by atoms with Crippen molar-refractivity contribution < 1.29 is 27.4 Å². The lowest BCUT2D eigenvalue weighted by molar-refractivity contribution is -0.206. The molecule has 1 aliphatic rings. The third-order valence-electron chi connectivity index (χ3n) is 5.70. The second kappa shape index (κ2) is 9.76. The maximum Gasteiger partial charge on any atom is 0.201 e. The SMILES string of the molecule is CCCC1COC(c2ccc(-c3ccc(-c4ccc(OC)c(F)c4F)cc3)c(F)c2)OC1. The summed E-state index contributed by atoms with van der Waals surface area (Å²) in [5, 5.41) is 0. The minimum atomic E-state index is -1.04. The second-order valence-corrected chi connectivity index (χ2v) is 7.91. The molecule has 3 nitrogen and oxygen atoms in total. The van der Waals surface area contributed by atoms with Gasteiger partial charge in [0.1, 0.15) is 5.82 Å². The molecule has 0 aliphatic carbocycles. The molecule has 168 valence electrons. The van der Waals surface area contributed by atoms with Gasteiger partial charge < -0.3 is 14.2 Å². The number of ether oxygens (including phenoxy) is 3. The lowest BCUT2D eigenvalue weighted by atomic mass is 9.98. The number of hydrogen-bond acceptors (Lipinski definition) is 3. The topological polar surface area (TPSA) is 27.7 Å². The van der Waals surface area contributed by atoms with Gasteiger partial charge in [0, 0.05) is 22.6 Å². The van der Waals surface area contributed by atoms with Crippen LogP contribution >= 0.6 is 0 Å². The Bertz CT molecular complexity index is 1070. The predicted molar refractivity (Wildman–Crippen MR) is 117 cm³/mol. The van der Waals surface area contributed by atoms with Crippen molar-refractivity contribution in [3.8, 4) is 28.0 Å². The molecule has 0 saturated carbocycles. The van der Waals surface area contributed by atoms with Crippen molar-refractivity contribution in [1.82, 2.24) is 0 Å². The van der Waals surface area contributed by atoms with Gasteiger partial charge in [-0.1, -0.05) is 49.7 Å². The molecule has 1 aliphatic heterocycles. The van der Waals surface area contributed by atoms with E-state index in [9.17, 15) is 13.2 Å². The predicted octanol–water partition coefficient (Wildman–Crippen LogP) is 6.91. The molecule has 0 spiro atoms. The smallest absolute Gasteiger partial charge is 0.201 e. The first-order chi connectivity index (χ1) is 15.5. The average Bonchev–Trinajstić information content (AvgIpc) is 2.82. The Kier molecular flexibility index (Phi) is 6.82. The second-order valence-electron chi connectivity index (χ2n) is 7.91. The Balaban J connectivity index is 1.52. The summed E-state index contributed by atoms with van der Waals surface area (Å²) in [5.41, 5.74) is 2.25. The Morgan fingerprint density at radius 2 is 1.47 bits per heavy atom. The van der Waals surface area contributed by atoms with E-state index in [4.69, 9.17) is 14.2 Å². The molecule has 6 heteroatoms. The molecule has 1 heterocycles. The van der Waals surface area contributed by atoms with Crippen LogP contribution in [-0.2, 0) is 9.47 Å². The van der Waals surface area contributed by atoms with E-state index in [2.05, 4.69) is 6.92 Å². The fourth-order valence-electron chi connectivity index (χ4n) is 3.96. The van der Waals surface area contributed by atoms with Crippen molar-refractivity contribution in [2.24, 2.45) is 5.92 Å². The van der Waals surface area contributed by atoms with Gasteiger partial charge >= 0.3 is 0 Å². The van der Waals surface area contributed by atoms with Crippen LogP contribution in [-0.4, -0.2) is 20.3 Å². The van der Waals surface area contributed by atoms with Gasteiger partial charge in [-0.05, 0) is 35.7 Å². The quantitative estimate of drug-likeness (QED) is 0.415. The van der Waals surface area contributed by atoms with Crippen LogP contribution in [0.1, 0.15) is 31.6 Å². The first-order valence-corrected chi connectivity index (χ1v) is 10.7. The highest BCUT2D eigenvalue weighted by atomic mass is 19.2. The van der Waals surface area contributed by atoms with Crippen LogP contribution in [0.4, 0.5) is 13.2 Å². The van der Waals surface area contributed by atoms with Gasteiger partial charge in [-0.3, -0.25) is 0 Å². The van der Waals surface area contributed by atoms with Crippen LogP contribution < -0.4 is 4.74 Å². The summed E-state index contributed by atoms with van der Waals surface area (Å²) in [6.07, 6.45) is 1.55. The largest absolute Gasteiger partial charge is 0.494 e. The molecule has 0 aromatic heterocycles. The van der Waals surface area contributed by atoms with E-state index >= 15 is 0 Å². The van der Waals surface area contributed by atoms with Gasteiger partial charge in [0.05, 0.1) is 20.3 Å². The van der Waals surface area contributed by atoms with Crippen LogP contribution in [0.15, 0.2) is 54.6 Å². The van der Waals surface area contributed by atoms with E-state index in [0.29, 0.717) is 41.4 Å². The van der Waals surface area contributed by atoms with Gasteiger partial charge in [-0.2, -0.15) is 4.39 Å². The summed E-state index contributed by atoms with van der Waals surface area (Å²) in [6, 6.07) is 14.3. The summed E-state index contributed by atoms with van der Waals surface area (Å²) in [7, 11) is 1.28. The highest BCUT2D eigenvalue weighted by molar-refractivity contribution is 5.71. The maximum atomic E-state index is 14.9. The van der Waals surface area contributed by atoms with Crippen molar-refractivity contribution in [3.63, 3.8) is 0 Å². The molecule has 0 bridgehead atoms. The zero-order valence-corrected chi connectivity index (χ0v) is 18.0. The molecule has 0 atom stereocenters. The fourth-order valence-corrected chi connectivity index (χ4v) is 3.96. The summed E-state index contributed by atoms with van der Waals surface area (Å²) in [6.45, 7) is 3.33. The fraction of sp³-hybridized carbons (Fsp3) is 0.308. The number of rotatable bonds is 6. The highest BCUT2D eigenvalue weighted by Crippen LogP contribution is 2.33. The van der Waals surface area contributed by atoms with E-state index < -0.39 is 23.7 Å². The summed E-state index contributed by atoms with van der Waals surface area (Å²) < 4.78 is 59.6. The molecule has 1 fully saturated rings. The lowest BCUT2D eigenvalue weighted by Gasteiger charge is -2.29. The first kappa shape index (κ1) is 22.4. The number of hydrogen-bond donors (Lipinski definition) is 0. The van der Waals surface area contributed by atoms with Gasteiger partial charge in [-0.15, -0.1) is 0 Å². The molecule has 32 heavy (non-hydrogen) atoms. The monoisotopic (exact) mass is 442 g/mol. The summed E-state index contributed by atoms with van der Waals surface area (Å²) in [4.78, 5) is 0. The third kappa shape index (κ3) is 4.52. The minimum Gasteiger partial charge on any atom is -0.494 e. The Morgan fingerprint density at radius 1 is 0.844 bits per heavy atom. The number of halogens is 3. The first-order valence-electron chi connectivity index (χ1n) is 10.7. The average molecular weight is 442 g/mol. The van der Waals surface area contributed by atoms with Crippen molar-refractivity contribution in [3.05, 3.63) is 77.6 Å². The van der Waals surface area contributed by atoms with E-state index in [-0.39, 0.29) is 11.3 Å². The minimum absolute atomic E-state index is 0.110. The molecular weight excluding hydrogens is 417 g/mol. The number of benzene rings is 3. The van der Waals surface area contributed by atoms with Gasteiger partial charge in [0.2, 0.25) is 5.82 Å². The molecular formula is C26H25F3O3. The van der Waals surface area contributed by atoms with Crippen molar-refractivity contribution in [2.45, 2.75) is 26.1 Å². The molecule has 1 saturated heterocycles. The summed E-state index contributed by atoms with van der Waals surface area (Å²) in [5.74, 6) is -2.20.